The van der Waals surface area contributed by atoms with Gasteiger partial charge in [-0.25, -0.2) is 4.58 Å². The van der Waals surface area contributed by atoms with Crippen molar-refractivity contribution in [3.8, 4) is 0 Å². The third kappa shape index (κ3) is 2.14. The second-order valence-corrected chi connectivity index (χ2v) is 2.75. The fourth-order valence-corrected chi connectivity index (χ4v) is 0.881. The van der Waals surface area contributed by atoms with Gasteiger partial charge in [-0.1, -0.05) is 0 Å². The van der Waals surface area contributed by atoms with Crippen LogP contribution in [0.3, 0.4) is 0 Å². The molecule has 2 atom stereocenters. The van der Waals surface area contributed by atoms with Crippen molar-refractivity contribution in [2.75, 3.05) is 13.6 Å². The van der Waals surface area contributed by atoms with Gasteiger partial charge in [0.2, 0.25) is 0 Å². The van der Waals surface area contributed by atoms with Crippen molar-refractivity contribution in [2.24, 2.45) is 0 Å². The number of epoxide rings is 1. The molecule has 2 nitrogen and oxygen atoms in total. The summed E-state index contributed by atoms with van der Waals surface area (Å²) >= 11 is 0. The molecule has 0 N–H and O–H groups in total. The van der Waals surface area contributed by atoms with Gasteiger partial charge < -0.3 is 4.74 Å². The van der Waals surface area contributed by atoms with Gasteiger partial charge in [0.1, 0.15) is 20.3 Å². The van der Waals surface area contributed by atoms with Crippen molar-refractivity contribution in [3.05, 3.63) is 0 Å². The second kappa shape index (κ2) is 2.48. The average Bonchev–Trinajstić information content (AvgIpc) is 2.42. The fraction of sp³-hybridized carbons (Fsp3) is 0.857. The van der Waals surface area contributed by atoms with Crippen molar-refractivity contribution in [3.63, 3.8) is 0 Å². The van der Waals surface area contributed by atoms with E-state index in [0.717, 1.165) is 13.0 Å². The predicted octanol–water partition coefficient (Wildman–Crippen LogP) is 0.507. The van der Waals surface area contributed by atoms with Crippen LogP contribution in [0.4, 0.5) is 0 Å². The smallest absolute Gasteiger partial charge is 0.144 e. The van der Waals surface area contributed by atoms with Crippen LogP contribution in [0.15, 0.2) is 0 Å². The molecule has 0 radical (unpaired) electrons. The quantitative estimate of drug-likeness (QED) is 0.307. The first kappa shape index (κ1) is 6.75. The van der Waals surface area contributed by atoms with Crippen LogP contribution in [0.2, 0.25) is 0 Å². The Morgan fingerprint density at radius 2 is 2.22 bits per heavy atom. The van der Waals surface area contributed by atoms with Crippen molar-refractivity contribution in [1.29, 1.82) is 0 Å². The van der Waals surface area contributed by atoms with E-state index < -0.39 is 0 Å². The molecule has 0 amide bonds. The van der Waals surface area contributed by atoms with Gasteiger partial charge in [-0.3, -0.25) is 0 Å². The molecule has 1 rings (SSSR count). The van der Waals surface area contributed by atoms with Gasteiger partial charge in [0, 0.05) is 6.42 Å². The lowest BCUT2D eigenvalue weighted by Gasteiger charge is -1.89. The molecule has 0 aromatic heterocycles. The summed E-state index contributed by atoms with van der Waals surface area (Å²) in [7, 11) is 1.98. The molecule has 0 spiro atoms. The predicted molar refractivity (Wildman–Crippen MR) is 37.1 cm³/mol. The van der Waals surface area contributed by atoms with Gasteiger partial charge in [-0.2, -0.15) is 0 Å². The van der Waals surface area contributed by atoms with E-state index in [-0.39, 0.29) is 0 Å². The molecule has 1 saturated heterocycles. The Bertz CT molecular complexity index is 122. The SMILES string of the molecule is C=[N+](C)CCC1OC1C. The summed E-state index contributed by atoms with van der Waals surface area (Å²) in [5.41, 5.74) is 0. The van der Waals surface area contributed by atoms with E-state index >= 15 is 0 Å². The van der Waals surface area contributed by atoms with Crippen LogP contribution < -0.4 is 0 Å². The van der Waals surface area contributed by atoms with Gasteiger partial charge in [0.05, 0.1) is 12.2 Å². The monoisotopic (exact) mass is 128 g/mol. The number of hydrogen-bond donors (Lipinski definition) is 0. The first-order valence-electron chi connectivity index (χ1n) is 3.37. The van der Waals surface area contributed by atoms with E-state index in [1.807, 2.05) is 11.6 Å². The fourth-order valence-electron chi connectivity index (χ4n) is 0.881. The van der Waals surface area contributed by atoms with Crippen LogP contribution in [0.25, 0.3) is 0 Å². The zero-order valence-corrected chi connectivity index (χ0v) is 6.13. The summed E-state index contributed by atoms with van der Waals surface area (Å²) in [5.74, 6) is 0. The van der Waals surface area contributed by atoms with Crippen molar-refractivity contribution >= 4 is 6.72 Å². The highest BCUT2D eigenvalue weighted by Crippen LogP contribution is 2.23. The first-order chi connectivity index (χ1) is 4.20. The lowest BCUT2D eigenvalue weighted by atomic mass is 10.2. The van der Waals surface area contributed by atoms with Gasteiger partial charge in [0.15, 0.2) is 0 Å². The Hall–Kier alpha value is -0.370. The highest BCUT2D eigenvalue weighted by atomic mass is 16.6. The molecule has 2 heteroatoms. The zero-order valence-electron chi connectivity index (χ0n) is 6.13. The lowest BCUT2D eigenvalue weighted by Crippen LogP contribution is -2.07. The molecular weight excluding hydrogens is 114 g/mol. The van der Waals surface area contributed by atoms with E-state index in [9.17, 15) is 0 Å². The van der Waals surface area contributed by atoms with Crippen molar-refractivity contribution in [2.45, 2.75) is 25.6 Å². The maximum absolute atomic E-state index is 5.21. The van der Waals surface area contributed by atoms with E-state index in [1.54, 1.807) is 0 Å². The number of hydrogen-bond acceptors (Lipinski definition) is 1. The molecule has 52 valence electrons. The minimum Gasteiger partial charge on any atom is -0.370 e. The van der Waals surface area contributed by atoms with Gasteiger partial charge in [-0.15, -0.1) is 0 Å². The van der Waals surface area contributed by atoms with Crippen LogP contribution in [-0.2, 0) is 4.74 Å². The normalized spacial score (nSPS) is 32.2. The first-order valence-corrected chi connectivity index (χ1v) is 3.37. The zero-order chi connectivity index (χ0) is 6.85. The Morgan fingerprint density at radius 3 is 2.56 bits per heavy atom. The highest BCUT2D eigenvalue weighted by Gasteiger charge is 2.34. The Labute approximate surface area is 56.1 Å². The summed E-state index contributed by atoms with van der Waals surface area (Å²) in [6.07, 6.45) is 2.15. The molecule has 0 aromatic rings. The van der Waals surface area contributed by atoms with Crippen LogP contribution in [-0.4, -0.2) is 37.1 Å². The average molecular weight is 128 g/mol. The Kier molecular flexibility index (Phi) is 1.86. The molecule has 1 fully saturated rings. The molecular formula is C7H14NO+. The van der Waals surface area contributed by atoms with E-state index in [2.05, 4.69) is 13.6 Å². The maximum Gasteiger partial charge on any atom is 0.144 e. The lowest BCUT2D eigenvalue weighted by molar-refractivity contribution is -0.489. The maximum atomic E-state index is 5.21. The minimum absolute atomic E-state index is 0.505. The summed E-state index contributed by atoms with van der Waals surface area (Å²) in [6, 6.07) is 0. The van der Waals surface area contributed by atoms with E-state index in [1.165, 1.54) is 0 Å². The second-order valence-electron chi connectivity index (χ2n) is 2.75. The summed E-state index contributed by atoms with van der Waals surface area (Å²) in [4.78, 5) is 0. The third-order valence-corrected chi connectivity index (χ3v) is 1.63. The molecule has 1 aliphatic heterocycles. The molecule has 0 aliphatic carbocycles. The van der Waals surface area contributed by atoms with Gasteiger partial charge in [-0.05, 0) is 6.92 Å². The van der Waals surface area contributed by atoms with Crippen LogP contribution in [0.1, 0.15) is 13.3 Å². The highest BCUT2D eigenvalue weighted by molar-refractivity contribution is 5.14. The largest absolute Gasteiger partial charge is 0.370 e. The number of nitrogens with zero attached hydrogens (tertiary/aromatic N) is 1. The van der Waals surface area contributed by atoms with Crippen LogP contribution in [0.5, 0.6) is 0 Å². The van der Waals surface area contributed by atoms with Crippen molar-refractivity contribution in [1.82, 2.24) is 0 Å². The molecule has 1 aliphatic rings. The Morgan fingerprint density at radius 1 is 1.67 bits per heavy atom. The van der Waals surface area contributed by atoms with Gasteiger partial charge in [0.25, 0.3) is 0 Å². The molecule has 1 heterocycles. The van der Waals surface area contributed by atoms with E-state index in [0.29, 0.717) is 12.2 Å². The molecule has 2 unspecified atom stereocenters. The minimum atomic E-state index is 0.505. The summed E-state index contributed by atoms with van der Waals surface area (Å²) in [5, 5.41) is 0. The molecule has 0 aromatic carbocycles. The summed E-state index contributed by atoms with van der Waals surface area (Å²) in [6.45, 7) is 6.88. The summed E-state index contributed by atoms with van der Waals surface area (Å²) < 4.78 is 7.15. The van der Waals surface area contributed by atoms with Crippen LogP contribution >= 0.6 is 0 Å². The van der Waals surface area contributed by atoms with Crippen LogP contribution in [0, 0.1) is 0 Å². The standard InChI is InChI=1S/C7H14NO/c1-6-7(9-6)4-5-8(2)3/h6-7H,2,4-5H2,1,3H3/q+1. The molecule has 0 saturated carbocycles. The Balaban J connectivity index is 2.00. The number of rotatable bonds is 3. The van der Waals surface area contributed by atoms with E-state index in [4.69, 9.17) is 4.74 Å². The van der Waals surface area contributed by atoms with Crippen molar-refractivity contribution < 1.29 is 9.31 Å². The third-order valence-electron chi connectivity index (χ3n) is 1.63. The topological polar surface area (TPSA) is 15.5 Å². The van der Waals surface area contributed by atoms with Gasteiger partial charge >= 0.3 is 0 Å². The molecule has 9 heavy (non-hydrogen) atoms. The number of ether oxygens (including phenoxy) is 1. The molecule has 0 bridgehead atoms.